The molecule has 3 atom stereocenters. The Kier molecular flexibility index (Phi) is 6.76. The molecule has 3 fully saturated rings. The fraction of sp³-hybridized carbons (Fsp3) is 0.400. The van der Waals surface area contributed by atoms with Gasteiger partial charge in [-0.05, 0) is 75.3 Å². The van der Waals surface area contributed by atoms with Gasteiger partial charge in [-0.2, -0.15) is 4.98 Å². The molecule has 0 spiro atoms. The zero-order valence-corrected chi connectivity index (χ0v) is 23.9. The van der Waals surface area contributed by atoms with Gasteiger partial charge in [0.25, 0.3) is 0 Å². The van der Waals surface area contributed by atoms with Gasteiger partial charge >= 0.3 is 12.0 Å². The van der Waals surface area contributed by atoms with Gasteiger partial charge in [0.15, 0.2) is 0 Å². The lowest BCUT2D eigenvalue weighted by molar-refractivity contribution is 0.0138. The molecule has 2 bridgehead atoms. The Bertz CT molecular complexity index is 1600. The van der Waals surface area contributed by atoms with E-state index in [0.29, 0.717) is 51.2 Å². The van der Waals surface area contributed by atoms with E-state index in [4.69, 9.17) is 37.0 Å². The molecule has 1 saturated carbocycles. The second kappa shape index (κ2) is 10.5. The average Bonchev–Trinajstić information content (AvgIpc) is 3.41. The van der Waals surface area contributed by atoms with Crippen molar-refractivity contribution in [2.75, 3.05) is 4.90 Å². The van der Waals surface area contributed by atoms with E-state index in [1.54, 1.807) is 25.1 Å². The maximum Gasteiger partial charge on any atom is 0.335 e. The predicted octanol–water partition coefficient (Wildman–Crippen LogP) is 7.30. The molecule has 2 aromatic heterocycles. The molecule has 2 aromatic carbocycles. The maximum atomic E-state index is 11.4. The third-order valence-corrected chi connectivity index (χ3v) is 9.10. The molecule has 1 N–H and O–H groups in total. The normalized spacial score (nSPS) is 21.9. The van der Waals surface area contributed by atoms with Crippen LogP contribution in [0.4, 0.5) is 6.01 Å². The van der Waals surface area contributed by atoms with Crippen LogP contribution < -0.4 is 4.90 Å². The number of fused-ring (bicyclic) bond motifs is 2. The largest absolute Gasteiger partial charge is 0.478 e. The van der Waals surface area contributed by atoms with E-state index in [2.05, 4.69) is 20.2 Å². The molecule has 41 heavy (non-hydrogen) atoms. The van der Waals surface area contributed by atoms with Gasteiger partial charge in [-0.1, -0.05) is 45.6 Å². The molecule has 7 rings (SSSR count). The topological polar surface area (TPSA) is 115 Å². The van der Waals surface area contributed by atoms with Crippen molar-refractivity contribution in [3.8, 4) is 22.6 Å². The molecular weight excluding hydrogens is 567 g/mol. The number of halogens is 2. The highest BCUT2D eigenvalue weighted by atomic mass is 35.5. The Labute approximate surface area is 246 Å². The summed E-state index contributed by atoms with van der Waals surface area (Å²) in [5.41, 5.74) is 3.91. The Morgan fingerprint density at radius 2 is 1.78 bits per heavy atom. The standard InChI is InChI=1S/C30H28Cl2N4O5/c1-15-11-17(7-10-21(15)29(37)38)28-33-30(41-35-28)36-18-8-9-19(36)13-20(12-18)39-14-22-26(34-40-27(22)16-5-6-16)25-23(31)3-2-4-24(25)32/h2-4,7,10-11,16,18-20H,5-6,8-9,12-14H2,1H3,(H,37,38)/t18-,19+,20?. The zero-order valence-electron chi connectivity index (χ0n) is 22.3. The maximum absolute atomic E-state index is 11.4. The van der Waals surface area contributed by atoms with Crippen LogP contribution in [0.2, 0.25) is 10.0 Å². The number of aryl methyl sites for hydroxylation is 1. The molecular formula is C30H28Cl2N4O5. The molecule has 11 heteroatoms. The monoisotopic (exact) mass is 594 g/mol. The molecule has 2 aliphatic heterocycles. The molecule has 2 saturated heterocycles. The summed E-state index contributed by atoms with van der Waals surface area (Å²) in [6.07, 6.45) is 5.95. The molecule has 4 aromatic rings. The molecule has 0 amide bonds. The molecule has 9 nitrogen and oxygen atoms in total. The van der Waals surface area contributed by atoms with Gasteiger partial charge in [0, 0.05) is 34.7 Å². The van der Waals surface area contributed by atoms with Gasteiger partial charge in [-0.25, -0.2) is 4.79 Å². The van der Waals surface area contributed by atoms with Crippen LogP contribution in [0.25, 0.3) is 22.6 Å². The number of anilines is 1. The van der Waals surface area contributed by atoms with E-state index in [-0.39, 0.29) is 23.8 Å². The highest BCUT2D eigenvalue weighted by molar-refractivity contribution is 6.39. The van der Waals surface area contributed by atoms with Gasteiger partial charge in [0.1, 0.15) is 11.5 Å². The Morgan fingerprint density at radius 1 is 1.05 bits per heavy atom. The predicted molar refractivity (Wildman–Crippen MR) is 152 cm³/mol. The summed E-state index contributed by atoms with van der Waals surface area (Å²) >= 11 is 13.0. The fourth-order valence-electron chi connectivity index (χ4n) is 6.31. The number of aromatic carboxylic acids is 1. The lowest BCUT2D eigenvalue weighted by atomic mass is 9.99. The first-order valence-electron chi connectivity index (χ1n) is 13.9. The molecule has 1 aliphatic carbocycles. The average molecular weight is 595 g/mol. The number of carboxylic acid groups (broad SMARTS) is 1. The zero-order chi connectivity index (χ0) is 28.2. The first-order chi connectivity index (χ1) is 19.9. The second-order valence-corrected chi connectivity index (χ2v) is 12.0. The van der Waals surface area contributed by atoms with Crippen molar-refractivity contribution < 1.29 is 23.7 Å². The van der Waals surface area contributed by atoms with Crippen molar-refractivity contribution in [1.82, 2.24) is 15.3 Å². The van der Waals surface area contributed by atoms with Crippen LogP contribution in [-0.2, 0) is 11.3 Å². The van der Waals surface area contributed by atoms with Crippen LogP contribution in [0.1, 0.15) is 71.7 Å². The minimum absolute atomic E-state index is 0.0638. The summed E-state index contributed by atoms with van der Waals surface area (Å²) in [5, 5.41) is 19.0. The molecule has 4 heterocycles. The number of carboxylic acids is 1. The number of benzene rings is 2. The molecule has 212 valence electrons. The first kappa shape index (κ1) is 26.5. The van der Waals surface area contributed by atoms with Crippen LogP contribution in [0.5, 0.6) is 0 Å². The number of aromatic nitrogens is 3. The van der Waals surface area contributed by atoms with E-state index in [9.17, 15) is 9.90 Å². The van der Waals surface area contributed by atoms with Crippen LogP contribution in [0, 0.1) is 6.92 Å². The lowest BCUT2D eigenvalue weighted by Gasteiger charge is -2.37. The Balaban J connectivity index is 1.07. The van der Waals surface area contributed by atoms with Crippen molar-refractivity contribution >= 4 is 35.2 Å². The second-order valence-electron chi connectivity index (χ2n) is 11.2. The fourth-order valence-corrected chi connectivity index (χ4v) is 6.88. The lowest BCUT2D eigenvalue weighted by Crippen LogP contribution is -2.45. The van der Waals surface area contributed by atoms with Crippen molar-refractivity contribution in [3.63, 3.8) is 0 Å². The first-order valence-corrected chi connectivity index (χ1v) is 14.6. The summed E-state index contributed by atoms with van der Waals surface area (Å²) < 4.78 is 18.1. The summed E-state index contributed by atoms with van der Waals surface area (Å²) in [7, 11) is 0. The minimum atomic E-state index is -0.957. The van der Waals surface area contributed by atoms with Crippen LogP contribution in [-0.4, -0.2) is 44.6 Å². The van der Waals surface area contributed by atoms with Gasteiger partial charge in [-0.15, -0.1) is 0 Å². The van der Waals surface area contributed by atoms with Crippen LogP contribution in [0.3, 0.4) is 0 Å². The van der Waals surface area contributed by atoms with Crippen molar-refractivity contribution in [2.45, 2.75) is 76.2 Å². The Morgan fingerprint density at radius 3 is 2.44 bits per heavy atom. The molecule has 3 aliphatic rings. The van der Waals surface area contributed by atoms with Crippen molar-refractivity contribution in [1.29, 1.82) is 0 Å². The van der Waals surface area contributed by atoms with Gasteiger partial charge < -0.3 is 23.8 Å². The van der Waals surface area contributed by atoms with Crippen molar-refractivity contribution in [2.24, 2.45) is 0 Å². The van der Waals surface area contributed by atoms with Crippen molar-refractivity contribution in [3.05, 3.63) is 68.9 Å². The number of hydrogen-bond donors (Lipinski definition) is 1. The number of rotatable bonds is 8. The van der Waals surface area contributed by atoms with Crippen LogP contribution >= 0.6 is 23.2 Å². The number of ether oxygens (including phenoxy) is 1. The van der Waals surface area contributed by atoms with E-state index < -0.39 is 5.97 Å². The van der Waals surface area contributed by atoms with Gasteiger partial charge in [-0.3, -0.25) is 0 Å². The molecule has 1 unspecified atom stereocenters. The van der Waals surface area contributed by atoms with Gasteiger partial charge in [0.2, 0.25) is 5.82 Å². The summed E-state index contributed by atoms with van der Waals surface area (Å²) in [6.45, 7) is 2.14. The van der Waals surface area contributed by atoms with Gasteiger partial charge in [0.05, 0.1) is 28.3 Å². The van der Waals surface area contributed by atoms with Crippen LogP contribution in [0.15, 0.2) is 45.4 Å². The van der Waals surface area contributed by atoms with E-state index in [0.717, 1.165) is 55.4 Å². The van der Waals surface area contributed by atoms with E-state index in [1.807, 2.05) is 18.2 Å². The highest BCUT2D eigenvalue weighted by Crippen LogP contribution is 2.47. The smallest absolute Gasteiger partial charge is 0.335 e. The summed E-state index contributed by atoms with van der Waals surface area (Å²) in [5.74, 6) is 0.733. The molecule has 0 radical (unpaired) electrons. The van der Waals surface area contributed by atoms with E-state index in [1.165, 1.54) is 0 Å². The number of nitrogens with zero attached hydrogens (tertiary/aromatic N) is 4. The summed E-state index contributed by atoms with van der Waals surface area (Å²) in [4.78, 5) is 18.3. The summed E-state index contributed by atoms with van der Waals surface area (Å²) in [6, 6.07) is 11.4. The third kappa shape index (κ3) is 4.90. The number of hydrogen-bond acceptors (Lipinski definition) is 8. The number of carbonyl (C=O) groups is 1. The highest BCUT2D eigenvalue weighted by Gasteiger charge is 2.44. The quantitative estimate of drug-likeness (QED) is 0.224. The Hall–Kier alpha value is -3.40. The SMILES string of the molecule is Cc1cc(-c2noc(N3[C@@H]4CC[C@H]3CC(OCc3c(-c5c(Cl)cccc5Cl)noc3C3CC3)C4)n2)ccc1C(=O)O. The minimum Gasteiger partial charge on any atom is -0.478 e. The van der Waals surface area contributed by atoms with E-state index >= 15 is 0 Å². The number of piperidine rings is 1. The third-order valence-electron chi connectivity index (χ3n) is 8.47.